The Morgan fingerprint density at radius 3 is 2.43 bits per heavy atom. The van der Waals surface area contributed by atoms with Gasteiger partial charge in [-0.1, -0.05) is 69.7 Å². The maximum Gasteiger partial charge on any atom is 0.481 e. The number of amides is 2. The number of allylic oxidation sites excluding steroid dienone is 4. The van der Waals surface area contributed by atoms with E-state index in [9.17, 15) is 57.9 Å². The van der Waals surface area contributed by atoms with Crippen LogP contribution in [0.1, 0.15) is 71.9 Å². The maximum atomic E-state index is 12.7. The highest BCUT2D eigenvalue weighted by Crippen LogP contribution is 2.61. The van der Waals surface area contributed by atoms with Crippen LogP contribution in [0.15, 0.2) is 37.0 Å². The summed E-state index contributed by atoms with van der Waals surface area (Å²) >= 11 is 1.08. The lowest BCUT2D eigenvalue weighted by Crippen LogP contribution is -2.46. The van der Waals surface area contributed by atoms with Crippen LogP contribution in [0.2, 0.25) is 0 Å². The van der Waals surface area contributed by atoms with Crippen LogP contribution in [0.3, 0.4) is 0 Å². The number of rotatable bonds is 27. The Hall–Kier alpha value is -2.96. The van der Waals surface area contributed by atoms with Crippen LogP contribution in [0.25, 0.3) is 11.2 Å². The van der Waals surface area contributed by atoms with Gasteiger partial charge in [-0.3, -0.25) is 32.5 Å². The Kier molecular flexibility index (Phi) is 20.8. The minimum absolute atomic E-state index is 0.0306. The molecule has 0 spiro atoms. The van der Waals surface area contributed by atoms with Gasteiger partial charge in [0.05, 0.1) is 19.5 Å². The molecule has 1 aliphatic heterocycles. The molecule has 2 amide bonds. The molecule has 24 nitrogen and oxygen atoms in total. The van der Waals surface area contributed by atoms with Crippen molar-refractivity contribution in [2.45, 2.75) is 96.4 Å². The standard InChI is InChI=1S/C33H54N7O17P3S/c1-4-5-6-7-8-9-10-11-12-13-24(42)61-17-16-35-23(41)14-15-36-31(45)28(44)33(2,3)19-54-60(51,52)57-59(49,50)53-18-22-27(56-58(46,47)48)26(43)32(55-22)40-21-39-25-29(34)37-20-38-30(25)40/h8-9,11-12,20-22,26-28,32,43-44H,4-7,10,13-19H2,1-3H3,(H,35,41)(H,36,45)(H,49,50)(H,51,52)(H2,34,37,38)(H2,46,47,48)/b9-8+,12-11+. The van der Waals surface area contributed by atoms with Crippen LogP contribution in [0, 0.1) is 5.41 Å². The summed E-state index contributed by atoms with van der Waals surface area (Å²) in [5.74, 6) is -1.11. The molecule has 1 fully saturated rings. The number of nitrogens with two attached hydrogens (primary N) is 1. The summed E-state index contributed by atoms with van der Waals surface area (Å²) in [7, 11) is -16.4. The number of nitrogen functional groups attached to an aromatic ring is 1. The number of aliphatic hydroxyl groups excluding tert-OH is 2. The molecule has 2 aromatic rings. The van der Waals surface area contributed by atoms with Gasteiger partial charge in [-0.15, -0.1) is 0 Å². The van der Waals surface area contributed by atoms with Gasteiger partial charge in [0.2, 0.25) is 11.8 Å². The quantitative estimate of drug-likeness (QED) is 0.0352. The number of unbranched alkanes of at least 4 members (excludes halogenated alkanes) is 3. The zero-order chi connectivity index (χ0) is 45.4. The molecular weight excluding hydrogens is 891 g/mol. The van der Waals surface area contributed by atoms with Crippen molar-refractivity contribution < 1.29 is 80.5 Å². The number of ether oxygens (including phenoxy) is 1. The molecule has 0 bridgehead atoms. The predicted molar refractivity (Wildman–Crippen MR) is 219 cm³/mol. The van der Waals surface area contributed by atoms with Gasteiger partial charge < -0.3 is 50.9 Å². The van der Waals surface area contributed by atoms with Gasteiger partial charge in [-0.2, -0.15) is 4.31 Å². The van der Waals surface area contributed by atoms with Gasteiger partial charge >= 0.3 is 23.5 Å². The molecule has 10 N–H and O–H groups in total. The van der Waals surface area contributed by atoms with E-state index in [0.29, 0.717) is 5.75 Å². The van der Waals surface area contributed by atoms with E-state index in [1.165, 1.54) is 26.7 Å². The number of carbonyl (C=O) groups is 3. The molecule has 3 heterocycles. The summed E-state index contributed by atoms with van der Waals surface area (Å²) in [4.78, 5) is 87.9. The van der Waals surface area contributed by atoms with Crippen LogP contribution >= 0.6 is 35.2 Å². The monoisotopic (exact) mass is 945 g/mol. The maximum absolute atomic E-state index is 12.7. The third-order valence-electron chi connectivity index (χ3n) is 8.63. The third kappa shape index (κ3) is 18.0. The Balaban J connectivity index is 1.40. The highest BCUT2D eigenvalue weighted by Gasteiger charge is 2.50. The lowest BCUT2D eigenvalue weighted by atomic mass is 9.87. The first kappa shape index (κ1) is 52.4. The normalized spacial score (nSPS) is 21.1. The number of imidazole rings is 1. The molecule has 61 heavy (non-hydrogen) atoms. The molecule has 3 rings (SSSR count). The van der Waals surface area contributed by atoms with E-state index >= 15 is 0 Å². The van der Waals surface area contributed by atoms with E-state index in [2.05, 4.69) is 53.5 Å². The summed E-state index contributed by atoms with van der Waals surface area (Å²) in [6.45, 7) is 2.65. The first-order chi connectivity index (χ1) is 28.6. The number of nitrogens with one attached hydrogen (secondary N) is 2. The number of phosphoric acid groups is 3. The van der Waals surface area contributed by atoms with Crippen molar-refractivity contribution in [3.63, 3.8) is 0 Å². The van der Waals surface area contributed by atoms with E-state index in [4.69, 9.17) is 19.5 Å². The van der Waals surface area contributed by atoms with Gasteiger partial charge in [-0.05, 0) is 19.3 Å². The molecule has 7 unspecified atom stereocenters. The van der Waals surface area contributed by atoms with Crippen LogP contribution in [-0.2, 0) is 50.7 Å². The summed E-state index contributed by atoms with van der Waals surface area (Å²) < 4.78 is 62.2. The summed E-state index contributed by atoms with van der Waals surface area (Å²) in [5.41, 5.74) is 4.27. The SMILES string of the molecule is CCCCC/C=C/C/C=C/CC(=O)SCCNC(=O)CCNC(=O)C(O)C(C)(C)COP(=O)(O)OP(=O)(O)OCC1OC(n2cnc3c(N)ncnc32)C(O)C1OP(=O)(O)O. The van der Waals surface area contributed by atoms with Crippen molar-refractivity contribution in [3.8, 4) is 0 Å². The number of thioether (sulfide) groups is 1. The largest absolute Gasteiger partial charge is 0.481 e. The molecule has 0 saturated carbocycles. The molecule has 2 aromatic heterocycles. The minimum atomic E-state index is -5.57. The number of aromatic nitrogens is 4. The van der Waals surface area contributed by atoms with Crippen molar-refractivity contribution in [2.24, 2.45) is 5.41 Å². The second-order valence-corrected chi connectivity index (χ2v) is 19.6. The van der Waals surface area contributed by atoms with Gasteiger partial charge in [-0.25, -0.2) is 28.6 Å². The number of anilines is 1. The smallest absolute Gasteiger partial charge is 0.386 e. The number of carbonyl (C=O) groups excluding carboxylic acids is 3. The van der Waals surface area contributed by atoms with E-state index in [1.54, 1.807) is 6.08 Å². The first-order valence-corrected chi connectivity index (χ1v) is 24.4. The highest BCUT2D eigenvalue weighted by atomic mass is 32.2. The number of nitrogens with zero attached hydrogens (tertiary/aromatic N) is 4. The van der Waals surface area contributed by atoms with Crippen molar-refractivity contribution in [3.05, 3.63) is 37.0 Å². The van der Waals surface area contributed by atoms with Crippen LogP contribution < -0.4 is 16.4 Å². The van der Waals surface area contributed by atoms with Gasteiger partial charge in [0.1, 0.15) is 36.3 Å². The Morgan fingerprint density at radius 1 is 1.02 bits per heavy atom. The zero-order valence-electron chi connectivity index (χ0n) is 33.6. The molecule has 7 atom stereocenters. The van der Waals surface area contributed by atoms with E-state index in [-0.39, 0.29) is 48.0 Å². The summed E-state index contributed by atoms with van der Waals surface area (Å²) in [6, 6.07) is 0. The number of fused-ring (bicyclic) bond motifs is 1. The van der Waals surface area contributed by atoms with Gasteiger partial charge in [0, 0.05) is 37.1 Å². The van der Waals surface area contributed by atoms with Crippen molar-refractivity contribution in [1.82, 2.24) is 30.2 Å². The topological polar surface area (TPSA) is 364 Å². The fraction of sp³-hybridized carbons (Fsp3) is 0.636. The second-order valence-electron chi connectivity index (χ2n) is 14.2. The Labute approximate surface area is 355 Å². The molecule has 28 heteroatoms. The molecule has 1 saturated heterocycles. The fourth-order valence-corrected chi connectivity index (χ4v) is 8.91. The third-order valence-corrected chi connectivity index (χ3v) is 12.6. The average molecular weight is 946 g/mol. The van der Waals surface area contributed by atoms with E-state index in [1.807, 2.05) is 6.08 Å². The zero-order valence-corrected chi connectivity index (χ0v) is 37.1. The molecule has 344 valence electrons. The predicted octanol–water partition coefficient (Wildman–Crippen LogP) is 2.14. The lowest BCUT2D eigenvalue weighted by Gasteiger charge is -2.30. The van der Waals surface area contributed by atoms with Crippen LogP contribution in [0.4, 0.5) is 5.82 Å². The molecule has 0 aromatic carbocycles. The van der Waals surface area contributed by atoms with Crippen molar-refractivity contribution >= 4 is 69.1 Å². The Bertz CT molecular complexity index is 1980. The van der Waals surface area contributed by atoms with E-state index < -0.39 is 84.6 Å². The van der Waals surface area contributed by atoms with Crippen LogP contribution in [-0.4, -0.2) is 123 Å². The molecule has 1 aliphatic rings. The second kappa shape index (κ2) is 24.2. The number of phosphoric ester groups is 3. The Morgan fingerprint density at radius 2 is 1.72 bits per heavy atom. The van der Waals surface area contributed by atoms with Gasteiger partial charge in [0.25, 0.3) is 0 Å². The van der Waals surface area contributed by atoms with Crippen molar-refractivity contribution in [1.29, 1.82) is 0 Å². The van der Waals surface area contributed by atoms with E-state index in [0.717, 1.165) is 48.2 Å². The lowest BCUT2D eigenvalue weighted by molar-refractivity contribution is -0.137. The highest BCUT2D eigenvalue weighted by molar-refractivity contribution is 8.13. The molecule has 0 aliphatic carbocycles. The van der Waals surface area contributed by atoms with Crippen molar-refractivity contribution in [2.75, 3.05) is 37.8 Å². The number of hydrogen-bond donors (Lipinski definition) is 9. The molecule has 0 radical (unpaired) electrons. The number of aliphatic hydroxyl groups is 2. The molecular formula is C33H54N7O17P3S. The van der Waals surface area contributed by atoms with Gasteiger partial charge in [0.15, 0.2) is 22.8 Å². The minimum Gasteiger partial charge on any atom is -0.386 e. The average Bonchev–Trinajstić information content (AvgIpc) is 3.73. The first-order valence-electron chi connectivity index (χ1n) is 18.9. The summed E-state index contributed by atoms with van der Waals surface area (Å²) in [5, 5.41) is 26.4. The fourth-order valence-electron chi connectivity index (χ4n) is 5.43. The van der Waals surface area contributed by atoms with Crippen LogP contribution in [0.5, 0.6) is 0 Å². The number of hydrogen-bond acceptors (Lipinski definition) is 18. The summed E-state index contributed by atoms with van der Waals surface area (Å²) in [6.07, 6.45) is 6.62.